The van der Waals surface area contributed by atoms with Crippen LogP contribution in [0.3, 0.4) is 0 Å². The van der Waals surface area contributed by atoms with E-state index < -0.39 is 0 Å². The Morgan fingerprint density at radius 1 is 1.50 bits per heavy atom. The maximum Gasteiger partial charge on any atom is 0.123 e. The van der Waals surface area contributed by atoms with Gasteiger partial charge < -0.3 is 5.32 Å². The van der Waals surface area contributed by atoms with Crippen LogP contribution < -0.4 is 5.32 Å². The number of hydrogen-bond acceptors (Lipinski definition) is 1. The predicted octanol–water partition coefficient (Wildman–Crippen LogP) is 3.52. The van der Waals surface area contributed by atoms with Crippen LogP contribution in [-0.4, -0.2) is 6.54 Å². The van der Waals surface area contributed by atoms with Gasteiger partial charge in [-0.15, -0.1) is 0 Å². The maximum atomic E-state index is 13.1. The lowest BCUT2D eigenvalue weighted by molar-refractivity contribution is 0.490. The van der Waals surface area contributed by atoms with E-state index in [1.807, 2.05) is 6.07 Å². The van der Waals surface area contributed by atoms with E-state index in [0.717, 1.165) is 30.4 Å². The highest BCUT2D eigenvalue weighted by Gasteiger charge is 2.32. The molecule has 2 heteroatoms. The number of benzene rings is 1. The first-order valence-electron chi connectivity index (χ1n) is 6.19. The molecular formula is C14H20FN. The second kappa shape index (κ2) is 4.96. The zero-order chi connectivity index (χ0) is 11.5. The summed E-state index contributed by atoms with van der Waals surface area (Å²) in [6, 6.07) is 7.22. The predicted molar refractivity (Wildman–Crippen MR) is 64.7 cm³/mol. The molecule has 0 heterocycles. The van der Waals surface area contributed by atoms with Crippen molar-refractivity contribution >= 4 is 0 Å². The quantitative estimate of drug-likeness (QED) is 0.802. The second-order valence-electron chi connectivity index (χ2n) is 4.90. The smallest absolute Gasteiger partial charge is 0.123 e. The molecule has 0 aliphatic heterocycles. The van der Waals surface area contributed by atoms with Gasteiger partial charge in [0.05, 0.1) is 0 Å². The van der Waals surface area contributed by atoms with Crippen molar-refractivity contribution in [3.05, 3.63) is 35.6 Å². The molecule has 2 rings (SSSR count). The molecule has 0 spiro atoms. The van der Waals surface area contributed by atoms with Crippen molar-refractivity contribution < 1.29 is 4.39 Å². The van der Waals surface area contributed by atoms with E-state index in [1.54, 1.807) is 12.1 Å². The summed E-state index contributed by atoms with van der Waals surface area (Å²) >= 11 is 0. The summed E-state index contributed by atoms with van der Waals surface area (Å²) in [5.41, 5.74) is 1.07. The van der Waals surface area contributed by atoms with Crippen LogP contribution in [0.5, 0.6) is 0 Å². The van der Waals surface area contributed by atoms with Crippen LogP contribution in [0.2, 0.25) is 0 Å². The molecule has 0 aromatic heterocycles. The van der Waals surface area contributed by atoms with Gasteiger partial charge in [-0.05, 0) is 48.9 Å². The molecule has 0 saturated heterocycles. The monoisotopic (exact) mass is 221 g/mol. The summed E-state index contributed by atoms with van der Waals surface area (Å²) < 4.78 is 13.1. The van der Waals surface area contributed by atoms with Gasteiger partial charge in [0.15, 0.2) is 0 Å². The van der Waals surface area contributed by atoms with Gasteiger partial charge in [0.2, 0.25) is 0 Å². The van der Waals surface area contributed by atoms with Crippen LogP contribution in [0.1, 0.15) is 38.3 Å². The molecule has 0 bridgehead atoms. The lowest BCUT2D eigenvalue weighted by Crippen LogP contribution is -2.23. The molecule has 1 aliphatic rings. The molecule has 1 nitrogen and oxygen atoms in total. The molecular weight excluding hydrogens is 201 g/mol. The van der Waals surface area contributed by atoms with Crippen LogP contribution in [-0.2, 0) is 0 Å². The Balaban J connectivity index is 1.93. The molecule has 1 aromatic rings. The van der Waals surface area contributed by atoms with Crippen molar-refractivity contribution in [3.8, 4) is 0 Å². The van der Waals surface area contributed by atoms with Crippen molar-refractivity contribution in [1.29, 1.82) is 0 Å². The van der Waals surface area contributed by atoms with Gasteiger partial charge in [0.1, 0.15) is 5.82 Å². The third-order valence-electron chi connectivity index (χ3n) is 3.56. The molecule has 3 atom stereocenters. The molecule has 0 radical (unpaired) electrons. The Morgan fingerprint density at radius 3 is 2.81 bits per heavy atom. The summed E-state index contributed by atoms with van der Waals surface area (Å²) in [5, 5.41) is 3.54. The van der Waals surface area contributed by atoms with Gasteiger partial charge in [-0.3, -0.25) is 0 Å². The fourth-order valence-corrected chi connectivity index (χ4v) is 2.20. The minimum absolute atomic E-state index is 0.141. The van der Waals surface area contributed by atoms with E-state index in [1.165, 1.54) is 12.5 Å². The topological polar surface area (TPSA) is 12.0 Å². The fourth-order valence-electron chi connectivity index (χ4n) is 2.20. The molecule has 88 valence electrons. The van der Waals surface area contributed by atoms with Gasteiger partial charge in [-0.25, -0.2) is 4.39 Å². The van der Waals surface area contributed by atoms with Crippen LogP contribution >= 0.6 is 0 Å². The molecule has 1 fully saturated rings. The summed E-state index contributed by atoms with van der Waals surface area (Å²) in [6.45, 7) is 5.49. The van der Waals surface area contributed by atoms with Gasteiger partial charge in [-0.2, -0.15) is 0 Å². The molecule has 0 amide bonds. The van der Waals surface area contributed by atoms with Crippen molar-refractivity contribution in [2.75, 3.05) is 6.54 Å². The highest BCUT2D eigenvalue weighted by molar-refractivity contribution is 5.20. The number of halogens is 1. The number of rotatable bonds is 5. The highest BCUT2D eigenvalue weighted by atomic mass is 19.1. The van der Waals surface area contributed by atoms with Crippen LogP contribution in [0.25, 0.3) is 0 Å². The third-order valence-corrected chi connectivity index (χ3v) is 3.56. The van der Waals surface area contributed by atoms with Crippen molar-refractivity contribution in [2.24, 2.45) is 11.8 Å². The Morgan fingerprint density at radius 2 is 2.25 bits per heavy atom. The largest absolute Gasteiger partial charge is 0.310 e. The molecule has 1 aliphatic carbocycles. The Hall–Kier alpha value is -0.890. The van der Waals surface area contributed by atoms with Gasteiger partial charge in [-0.1, -0.05) is 26.0 Å². The normalized spacial score (nSPS) is 25.4. The first-order chi connectivity index (χ1) is 7.70. The first kappa shape index (κ1) is 11.6. The first-order valence-corrected chi connectivity index (χ1v) is 6.19. The van der Waals surface area contributed by atoms with E-state index in [-0.39, 0.29) is 5.82 Å². The number of nitrogens with one attached hydrogen (secondary N) is 1. The van der Waals surface area contributed by atoms with E-state index in [0.29, 0.717) is 6.04 Å². The summed E-state index contributed by atoms with van der Waals surface area (Å²) in [5.74, 6) is 1.57. The standard InChI is InChI=1S/C14H20FN/c1-3-14(16-9-12-7-10(12)2)11-5-4-6-13(15)8-11/h4-6,8,10,12,14,16H,3,7,9H2,1-2H3. The average Bonchev–Trinajstić information content (AvgIpc) is 2.96. The highest BCUT2D eigenvalue weighted by Crippen LogP contribution is 2.37. The second-order valence-corrected chi connectivity index (χ2v) is 4.90. The average molecular weight is 221 g/mol. The van der Waals surface area contributed by atoms with E-state index in [9.17, 15) is 4.39 Å². The lowest BCUT2D eigenvalue weighted by atomic mass is 10.0. The lowest BCUT2D eigenvalue weighted by Gasteiger charge is -2.17. The Bertz CT molecular complexity index is 350. The molecule has 16 heavy (non-hydrogen) atoms. The SMILES string of the molecule is CCC(NCC1CC1C)c1cccc(F)c1. The minimum Gasteiger partial charge on any atom is -0.310 e. The third kappa shape index (κ3) is 2.82. The van der Waals surface area contributed by atoms with E-state index >= 15 is 0 Å². The zero-order valence-corrected chi connectivity index (χ0v) is 10.0. The molecule has 1 aromatic carbocycles. The fraction of sp³-hybridized carbons (Fsp3) is 0.571. The number of hydrogen-bond donors (Lipinski definition) is 1. The van der Waals surface area contributed by atoms with E-state index in [2.05, 4.69) is 19.2 Å². The molecule has 1 N–H and O–H groups in total. The van der Waals surface area contributed by atoms with Crippen LogP contribution in [0.15, 0.2) is 24.3 Å². The summed E-state index contributed by atoms with van der Waals surface area (Å²) in [6.07, 6.45) is 2.34. The van der Waals surface area contributed by atoms with Crippen molar-refractivity contribution in [1.82, 2.24) is 5.32 Å². The summed E-state index contributed by atoms with van der Waals surface area (Å²) in [7, 11) is 0. The van der Waals surface area contributed by atoms with Gasteiger partial charge in [0.25, 0.3) is 0 Å². The summed E-state index contributed by atoms with van der Waals surface area (Å²) in [4.78, 5) is 0. The maximum absolute atomic E-state index is 13.1. The zero-order valence-electron chi connectivity index (χ0n) is 10.0. The van der Waals surface area contributed by atoms with Gasteiger partial charge in [0, 0.05) is 6.04 Å². The minimum atomic E-state index is -0.141. The Labute approximate surface area is 97.1 Å². The van der Waals surface area contributed by atoms with Crippen LogP contribution in [0.4, 0.5) is 4.39 Å². The van der Waals surface area contributed by atoms with Crippen molar-refractivity contribution in [3.63, 3.8) is 0 Å². The van der Waals surface area contributed by atoms with E-state index in [4.69, 9.17) is 0 Å². The van der Waals surface area contributed by atoms with Gasteiger partial charge >= 0.3 is 0 Å². The molecule has 1 saturated carbocycles. The van der Waals surface area contributed by atoms with Crippen molar-refractivity contribution in [2.45, 2.75) is 32.7 Å². The molecule has 3 unspecified atom stereocenters. The Kier molecular flexibility index (Phi) is 3.59. The van der Waals surface area contributed by atoms with Crippen LogP contribution in [0, 0.1) is 17.7 Å².